The predicted octanol–water partition coefficient (Wildman–Crippen LogP) is 2.69. The SMILES string of the molecule is O=C(Nc1cc(F)c(F)c(F)c1)c1ccc(F)c(S(=O)(=O)N[C@H]2CC[C@H](O)C2)c1. The van der Waals surface area contributed by atoms with Gasteiger partial charge >= 0.3 is 0 Å². The molecule has 0 spiro atoms. The molecule has 2 atom stereocenters. The Morgan fingerprint density at radius 3 is 2.24 bits per heavy atom. The zero-order valence-corrected chi connectivity index (χ0v) is 15.6. The number of rotatable bonds is 5. The van der Waals surface area contributed by atoms with Gasteiger partial charge in [-0.25, -0.2) is 30.7 Å². The van der Waals surface area contributed by atoms with Gasteiger partial charge in [-0.1, -0.05) is 0 Å². The third-order valence-corrected chi connectivity index (χ3v) is 5.99. The van der Waals surface area contributed by atoms with E-state index in [0.717, 1.165) is 18.2 Å². The van der Waals surface area contributed by atoms with Crippen LogP contribution in [0.3, 0.4) is 0 Å². The van der Waals surface area contributed by atoms with Gasteiger partial charge in [-0.15, -0.1) is 0 Å². The van der Waals surface area contributed by atoms with Crippen LogP contribution in [-0.2, 0) is 10.0 Å². The molecular weight excluding hydrogens is 416 g/mol. The summed E-state index contributed by atoms with van der Waals surface area (Å²) in [6.07, 6.45) is 0.316. The predicted molar refractivity (Wildman–Crippen MR) is 94.6 cm³/mol. The maximum absolute atomic E-state index is 14.1. The first-order valence-corrected chi connectivity index (χ1v) is 10.0. The van der Waals surface area contributed by atoms with Crippen LogP contribution >= 0.6 is 0 Å². The molecule has 3 rings (SSSR count). The Bertz CT molecular complexity index is 1040. The second-order valence-electron chi connectivity index (χ2n) is 6.64. The van der Waals surface area contributed by atoms with Crippen LogP contribution in [0.1, 0.15) is 29.6 Å². The molecule has 1 aliphatic carbocycles. The van der Waals surface area contributed by atoms with Crippen LogP contribution in [-0.4, -0.2) is 31.6 Å². The molecule has 11 heteroatoms. The summed E-state index contributed by atoms with van der Waals surface area (Å²) in [5, 5.41) is 11.6. The monoisotopic (exact) mass is 432 g/mol. The van der Waals surface area contributed by atoms with Gasteiger partial charge in [0.2, 0.25) is 10.0 Å². The molecule has 2 aromatic rings. The largest absolute Gasteiger partial charge is 0.393 e. The number of halogens is 4. The molecule has 3 N–H and O–H groups in total. The van der Waals surface area contributed by atoms with Crippen LogP contribution < -0.4 is 10.0 Å². The normalized spacial score (nSPS) is 19.3. The number of aliphatic hydroxyl groups excluding tert-OH is 1. The van der Waals surface area contributed by atoms with Gasteiger partial charge in [0, 0.05) is 29.4 Å². The summed E-state index contributed by atoms with van der Waals surface area (Å²) in [4.78, 5) is 11.5. The van der Waals surface area contributed by atoms with Gasteiger partial charge in [-0.2, -0.15) is 0 Å². The lowest BCUT2D eigenvalue weighted by Gasteiger charge is -2.14. The second-order valence-corrected chi connectivity index (χ2v) is 8.32. The highest BCUT2D eigenvalue weighted by molar-refractivity contribution is 7.89. The van der Waals surface area contributed by atoms with Gasteiger partial charge in [0.1, 0.15) is 10.7 Å². The molecule has 0 unspecified atom stereocenters. The van der Waals surface area contributed by atoms with Crippen molar-refractivity contribution in [3.05, 3.63) is 59.2 Å². The van der Waals surface area contributed by atoms with Crippen molar-refractivity contribution < 1.29 is 35.9 Å². The van der Waals surface area contributed by atoms with E-state index in [1.54, 1.807) is 0 Å². The number of hydrogen-bond acceptors (Lipinski definition) is 4. The van der Waals surface area contributed by atoms with E-state index in [0.29, 0.717) is 25.0 Å². The summed E-state index contributed by atoms with van der Waals surface area (Å²) < 4.78 is 80.9. The van der Waals surface area contributed by atoms with E-state index in [9.17, 15) is 35.9 Å². The summed E-state index contributed by atoms with van der Waals surface area (Å²) in [6.45, 7) is 0. The van der Waals surface area contributed by atoms with Crippen LogP contribution in [0.15, 0.2) is 35.2 Å². The van der Waals surface area contributed by atoms with E-state index in [4.69, 9.17) is 0 Å². The first-order chi connectivity index (χ1) is 13.6. The van der Waals surface area contributed by atoms with E-state index >= 15 is 0 Å². The maximum Gasteiger partial charge on any atom is 0.255 e. The molecule has 0 radical (unpaired) electrons. The zero-order chi connectivity index (χ0) is 21.3. The highest BCUT2D eigenvalue weighted by Crippen LogP contribution is 2.24. The molecule has 6 nitrogen and oxygen atoms in total. The van der Waals surface area contributed by atoms with Crippen LogP contribution in [0.25, 0.3) is 0 Å². The van der Waals surface area contributed by atoms with Gasteiger partial charge < -0.3 is 10.4 Å². The van der Waals surface area contributed by atoms with Gasteiger partial charge in [0.05, 0.1) is 6.10 Å². The molecule has 0 aromatic heterocycles. The minimum absolute atomic E-state index is 0.183. The highest BCUT2D eigenvalue weighted by Gasteiger charge is 2.29. The minimum atomic E-state index is -4.33. The van der Waals surface area contributed by atoms with E-state index in [1.807, 2.05) is 0 Å². The van der Waals surface area contributed by atoms with E-state index < -0.39 is 61.9 Å². The third kappa shape index (κ3) is 4.74. The Kier molecular flexibility index (Phi) is 5.92. The van der Waals surface area contributed by atoms with Gasteiger partial charge in [0.25, 0.3) is 5.91 Å². The topological polar surface area (TPSA) is 95.5 Å². The number of aliphatic hydroxyl groups is 1. The molecule has 1 saturated carbocycles. The lowest BCUT2D eigenvalue weighted by atomic mass is 10.2. The van der Waals surface area contributed by atoms with Crippen molar-refractivity contribution in [3.8, 4) is 0 Å². The number of hydrogen-bond donors (Lipinski definition) is 3. The second kappa shape index (κ2) is 8.09. The van der Waals surface area contributed by atoms with Gasteiger partial charge in [-0.05, 0) is 37.5 Å². The van der Waals surface area contributed by atoms with Crippen LogP contribution in [0.4, 0.5) is 23.2 Å². The summed E-state index contributed by atoms with van der Waals surface area (Å²) in [6, 6.07) is 3.04. The van der Waals surface area contributed by atoms with Crippen molar-refractivity contribution in [2.24, 2.45) is 0 Å². The third-order valence-electron chi connectivity index (χ3n) is 4.45. The highest BCUT2D eigenvalue weighted by atomic mass is 32.2. The molecule has 0 heterocycles. The smallest absolute Gasteiger partial charge is 0.255 e. The zero-order valence-electron chi connectivity index (χ0n) is 14.8. The number of carbonyl (C=O) groups is 1. The van der Waals surface area contributed by atoms with E-state index in [1.165, 1.54) is 0 Å². The quantitative estimate of drug-likeness (QED) is 0.500. The molecule has 0 aliphatic heterocycles. The fourth-order valence-corrected chi connectivity index (χ4v) is 4.42. The van der Waals surface area contributed by atoms with E-state index in [2.05, 4.69) is 10.0 Å². The Morgan fingerprint density at radius 1 is 1.00 bits per heavy atom. The Hall–Kier alpha value is -2.50. The standard InChI is InChI=1S/C18H16F4N2O4S/c19-13-4-1-9(18(26)23-11-7-14(20)17(22)15(21)8-11)5-16(13)29(27,28)24-10-2-3-12(25)6-10/h1,4-5,7-8,10,12,24-25H,2-3,6H2,(H,23,26)/t10-,12-/m0/s1. The first kappa shape index (κ1) is 21.2. The molecule has 2 aromatic carbocycles. The number of carbonyl (C=O) groups excluding carboxylic acids is 1. The average Bonchev–Trinajstić information content (AvgIpc) is 3.03. The number of benzene rings is 2. The van der Waals surface area contributed by atoms with Crippen molar-refractivity contribution in [2.45, 2.75) is 36.3 Å². The molecule has 1 amide bonds. The number of amides is 1. The molecule has 0 bridgehead atoms. The summed E-state index contributed by atoms with van der Waals surface area (Å²) in [5.41, 5.74) is -0.707. The lowest BCUT2D eigenvalue weighted by Crippen LogP contribution is -2.34. The average molecular weight is 432 g/mol. The van der Waals surface area contributed by atoms with Gasteiger partial charge in [-0.3, -0.25) is 4.79 Å². The molecule has 1 aliphatic rings. The fraction of sp³-hybridized carbons (Fsp3) is 0.278. The summed E-state index contributed by atoms with van der Waals surface area (Å²) in [5.74, 6) is -6.84. The number of nitrogens with one attached hydrogen (secondary N) is 2. The Morgan fingerprint density at radius 2 is 1.66 bits per heavy atom. The van der Waals surface area contributed by atoms with Crippen molar-refractivity contribution in [1.82, 2.24) is 4.72 Å². The minimum Gasteiger partial charge on any atom is -0.393 e. The Labute approximate surface area is 163 Å². The van der Waals surface area contributed by atoms with Crippen LogP contribution in [0, 0.1) is 23.3 Å². The molecule has 29 heavy (non-hydrogen) atoms. The maximum atomic E-state index is 14.1. The van der Waals surface area contributed by atoms with Crippen LogP contribution in [0.2, 0.25) is 0 Å². The molecular formula is C18H16F4N2O4S. The van der Waals surface area contributed by atoms with Gasteiger partial charge in [0.15, 0.2) is 17.5 Å². The van der Waals surface area contributed by atoms with Crippen molar-refractivity contribution >= 4 is 21.6 Å². The lowest BCUT2D eigenvalue weighted by molar-refractivity contribution is 0.102. The Balaban J connectivity index is 1.83. The number of anilines is 1. The molecule has 1 fully saturated rings. The molecule has 156 valence electrons. The van der Waals surface area contributed by atoms with Crippen molar-refractivity contribution in [1.29, 1.82) is 0 Å². The van der Waals surface area contributed by atoms with Crippen LogP contribution in [0.5, 0.6) is 0 Å². The number of sulfonamides is 1. The first-order valence-electron chi connectivity index (χ1n) is 8.52. The molecule has 0 saturated heterocycles. The fourth-order valence-electron chi connectivity index (χ4n) is 3.03. The summed E-state index contributed by atoms with van der Waals surface area (Å²) >= 11 is 0. The van der Waals surface area contributed by atoms with E-state index in [-0.39, 0.29) is 12.0 Å². The summed E-state index contributed by atoms with van der Waals surface area (Å²) in [7, 11) is -4.33. The van der Waals surface area contributed by atoms with Crippen molar-refractivity contribution in [2.75, 3.05) is 5.32 Å². The van der Waals surface area contributed by atoms with Crippen molar-refractivity contribution in [3.63, 3.8) is 0 Å².